The number of hydrogen-bond acceptors (Lipinski definition) is 5. The zero-order valence-corrected chi connectivity index (χ0v) is 12.5. The first-order valence-corrected chi connectivity index (χ1v) is 6.66. The highest BCUT2D eigenvalue weighted by atomic mass is 16.7. The number of nitrogens with two attached hydrogens (primary N) is 1. The third-order valence-corrected chi connectivity index (χ3v) is 4.38. The van der Waals surface area contributed by atoms with Gasteiger partial charge in [-0.1, -0.05) is 0 Å². The summed E-state index contributed by atoms with van der Waals surface area (Å²) < 4.78 is 10.8. The van der Waals surface area contributed by atoms with Gasteiger partial charge in [-0.3, -0.25) is 4.90 Å². The van der Waals surface area contributed by atoms with Crippen LogP contribution in [-0.4, -0.2) is 75.6 Å². The second-order valence-corrected chi connectivity index (χ2v) is 5.52. The molecule has 1 heterocycles. The topological polar surface area (TPSA) is 51.0 Å². The van der Waals surface area contributed by atoms with Gasteiger partial charge in [0.05, 0.1) is 5.54 Å². The van der Waals surface area contributed by atoms with Crippen LogP contribution in [0.15, 0.2) is 0 Å². The number of hydrogen-bond donors (Lipinski definition) is 1. The van der Waals surface area contributed by atoms with Crippen molar-refractivity contribution in [3.8, 4) is 0 Å². The summed E-state index contributed by atoms with van der Waals surface area (Å²) in [6.45, 7) is 4.79. The first-order valence-electron chi connectivity index (χ1n) is 6.66. The molecule has 1 aliphatic rings. The molecule has 1 aliphatic heterocycles. The van der Waals surface area contributed by atoms with Gasteiger partial charge in [0, 0.05) is 33.4 Å². The Morgan fingerprint density at radius 3 is 2.44 bits per heavy atom. The monoisotopic (exact) mass is 259 g/mol. The van der Waals surface area contributed by atoms with Gasteiger partial charge in [0.25, 0.3) is 0 Å². The van der Waals surface area contributed by atoms with E-state index < -0.39 is 0 Å². The van der Waals surface area contributed by atoms with Crippen LogP contribution in [0.5, 0.6) is 0 Å². The van der Waals surface area contributed by atoms with Crippen molar-refractivity contribution in [2.45, 2.75) is 37.6 Å². The lowest BCUT2D eigenvalue weighted by Crippen LogP contribution is -2.60. The van der Waals surface area contributed by atoms with Gasteiger partial charge in [-0.2, -0.15) is 0 Å². The van der Waals surface area contributed by atoms with Crippen molar-refractivity contribution in [1.82, 2.24) is 9.80 Å². The van der Waals surface area contributed by atoms with E-state index in [0.29, 0.717) is 12.6 Å². The molecule has 0 saturated carbocycles. The molecule has 0 spiro atoms. The maximum Gasteiger partial charge on any atom is 0.176 e. The van der Waals surface area contributed by atoms with E-state index in [9.17, 15) is 0 Å². The van der Waals surface area contributed by atoms with Gasteiger partial charge < -0.3 is 20.1 Å². The van der Waals surface area contributed by atoms with E-state index in [-0.39, 0.29) is 11.8 Å². The highest BCUT2D eigenvalue weighted by Gasteiger charge is 2.39. The van der Waals surface area contributed by atoms with E-state index in [0.717, 1.165) is 6.54 Å². The number of rotatable bonds is 7. The van der Waals surface area contributed by atoms with Crippen LogP contribution in [0.25, 0.3) is 0 Å². The molecule has 18 heavy (non-hydrogen) atoms. The molecule has 108 valence electrons. The van der Waals surface area contributed by atoms with Crippen LogP contribution in [0.3, 0.4) is 0 Å². The second kappa shape index (κ2) is 6.82. The summed E-state index contributed by atoms with van der Waals surface area (Å²) in [6.07, 6.45) is 2.23. The van der Waals surface area contributed by atoms with Gasteiger partial charge in [0.1, 0.15) is 0 Å². The fraction of sp³-hybridized carbons (Fsp3) is 1.00. The van der Waals surface area contributed by atoms with Gasteiger partial charge in [0.15, 0.2) is 6.29 Å². The molecular formula is C13H29N3O2. The van der Waals surface area contributed by atoms with E-state index >= 15 is 0 Å². The lowest BCUT2D eigenvalue weighted by Gasteiger charge is -2.43. The number of likely N-dealkylation sites (N-methyl/N-ethyl adjacent to an activating group) is 2. The lowest BCUT2D eigenvalue weighted by molar-refractivity contribution is -0.178. The Kier molecular flexibility index (Phi) is 6.01. The van der Waals surface area contributed by atoms with Gasteiger partial charge in [0.2, 0.25) is 0 Å². The Balaban J connectivity index is 2.68. The first-order chi connectivity index (χ1) is 8.49. The summed E-state index contributed by atoms with van der Waals surface area (Å²) in [5.74, 6) is 0. The Morgan fingerprint density at radius 1 is 1.44 bits per heavy atom. The lowest BCUT2D eigenvalue weighted by atomic mass is 9.98. The minimum absolute atomic E-state index is 0.299. The molecule has 5 heteroatoms. The van der Waals surface area contributed by atoms with Crippen LogP contribution in [0.4, 0.5) is 0 Å². The Labute approximate surface area is 111 Å². The molecular weight excluding hydrogens is 230 g/mol. The van der Waals surface area contributed by atoms with Gasteiger partial charge >= 0.3 is 0 Å². The fourth-order valence-corrected chi connectivity index (χ4v) is 2.77. The van der Waals surface area contributed by atoms with Crippen LogP contribution in [0.1, 0.15) is 19.8 Å². The number of likely N-dealkylation sites (tertiary alicyclic amines) is 1. The van der Waals surface area contributed by atoms with E-state index in [1.54, 1.807) is 14.2 Å². The summed E-state index contributed by atoms with van der Waals surface area (Å²) in [6, 6.07) is 0.607. The maximum absolute atomic E-state index is 5.95. The minimum Gasteiger partial charge on any atom is -0.354 e. The van der Waals surface area contributed by atoms with Crippen molar-refractivity contribution >= 4 is 0 Å². The summed E-state index contributed by atoms with van der Waals surface area (Å²) >= 11 is 0. The molecule has 0 aromatic rings. The summed E-state index contributed by atoms with van der Waals surface area (Å²) in [5, 5.41) is 0. The first kappa shape index (κ1) is 15.9. The summed E-state index contributed by atoms with van der Waals surface area (Å²) in [5.41, 5.74) is 5.65. The molecule has 2 atom stereocenters. The molecule has 1 fully saturated rings. The van der Waals surface area contributed by atoms with E-state index in [4.69, 9.17) is 15.2 Å². The zero-order chi connectivity index (χ0) is 13.8. The van der Waals surface area contributed by atoms with Crippen molar-refractivity contribution in [2.75, 3.05) is 47.9 Å². The quantitative estimate of drug-likeness (QED) is 0.669. The molecule has 0 bridgehead atoms. The molecule has 1 saturated heterocycles. The van der Waals surface area contributed by atoms with Gasteiger partial charge in [-0.15, -0.1) is 0 Å². The minimum atomic E-state index is -0.306. The van der Waals surface area contributed by atoms with Crippen molar-refractivity contribution in [1.29, 1.82) is 0 Å². The molecule has 0 amide bonds. The third kappa shape index (κ3) is 3.22. The van der Waals surface area contributed by atoms with E-state index in [2.05, 4.69) is 30.8 Å². The van der Waals surface area contributed by atoms with Crippen LogP contribution in [0, 0.1) is 0 Å². The molecule has 0 aromatic heterocycles. The van der Waals surface area contributed by atoms with Gasteiger partial charge in [-0.05, 0) is 40.4 Å². The standard InChI is InChI=1S/C13H29N3O2/c1-13(10-14,12(17-4)18-5)16(3)9-11-7-6-8-15(11)2/h11-12H,6-10,14H2,1-5H3. The predicted octanol–water partition coefficient (Wildman–Crippen LogP) is 0.349. The van der Waals surface area contributed by atoms with Crippen molar-refractivity contribution < 1.29 is 9.47 Å². The fourth-order valence-electron chi connectivity index (χ4n) is 2.77. The smallest absolute Gasteiger partial charge is 0.176 e. The number of methoxy groups -OCH3 is 2. The average Bonchev–Trinajstić information content (AvgIpc) is 2.76. The third-order valence-electron chi connectivity index (χ3n) is 4.38. The predicted molar refractivity (Wildman–Crippen MR) is 73.5 cm³/mol. The Bertz CT molecular complexity index is 248. The molecule has 1 rings (SSSR count). The second-order valence-electron chi connectivity index (χ2n) is 5.52. The van der Waals surface area contributed by atoms with Crippen LogP contribution >= 0.6 is 0 Å². The largest absolute Gasteiger partial charge is 0.354 e. The van der Waals surface area contributed by atoms with Gasteiger partial charge in [-0.25, -0.2) is 0 Å². The van der Waals surface area contributed by atoms with Crippen molar-refractivity contribution in [3.05, 3.63) is 0 Å². The van der Waals surface area contributed by atoms with E-state index in [1.807, 2.05) is 0 Å². The van der Waals surface area contributed by atoms with Crippen LogP contribution in [0.2, 0.25) is 0 Å². The highest BCUT2D eigenvalue weighted by molar-refractivity contribution is 4.92. The molecule has 0 radical (unpaired) electrons. The molecule has 5 nitrogen and oxygen atoms in total. The number of nitrogens with zero attached hydrogens (tertiary/aromatic N) is 2. The SMILES string of the molecule is COC(OC)C(C)(CN)N(C)CC1CCCN1C. The van der Waals surface area contributed by atoms with Crippen molar-refractivity contribution in [2.24, 2.45) is 5.73 Å². The average molecular weight is 259 g/mol. The van der Waals surface area contributed by atoms with Crippen LogP contribution < -0.4 is 5.73 Å². The highest BCUT2D eigenvalue weighted by Crippen LogP contribution is 2.23. The molecule has 0 aromatic carbocycles. The Hall–Kier alpha value is -0.200. The molecule has 2 N–H and O–H groups in total. The molecule has 2 unspecified atom stereocenters. The normalized spacial score (nSPS) is 25.0. The van der Waals surface area contributed by atoms with Crippen LogP contribution in [-0.2, 0) is 9.47 Å². The summed E-state index contributed by atoms with van der Waals surface area (Å²) in [4.78, 5) is 4.69. The Morgan fingerprint density at radius 2 is 2.06 bits per heavy atom. The maximum atomic E-state index is 5.95. The number of ether oxygens (including phenoxy) is 2. The molecule has 0 aliphatic carbocycles. The van der Waals surface area contributed by atoms with Crippen molar-refractivity contribution in [3.63, 3.8) is 0 Å². The zero-order valence-electron chi connectivity index (χ0n) is 12.5. The summed E-state index contributed by atoms with van der Waals surface area (Å²) in [7, 11) is 7.62. The van der Waals surface area contributed by atoms with E-state index in [1.165, 1.54) is 19.4 Å².